The van der Waals surface area contributed by atoms with Gasteiger partial charge < -0.3 is 10.4 Å². The van der Waals surface area contributed by atoms with E-state index in [2.05, 4.69) is 10.4 Å². The van der Waals surface area contributed by atoms with Crippen molar-refractivity contribution in [2.45, 2.75) is 13.3 Å². The summed E-state index contributed by atoms with van der Waals surface area (Å²) in [7, 11) is 0. The van der Waals surface area contributed by atoms with Gasteiger partial charge in [0, 0.05) is 17.3 Å². The van der Waals surface area contributed by atoms with Crippen molar-refractivity contribution in [3.63, 3.8) is 0 Å². The lowest BCUT2D eigenvalue weighted by Crippen LogP contribution is -2.32. The number of hydrogen-bond donors (Lipinski definition) is 2. The topological polar surface area (TPSA) is 137 Å². The average molecular weight is 355 g/mol. The van der Waals surface area contributed by atoms with Gasteiger partial charge in [0.15, 0.2) is 0 Å². The molecule has 0 heterocycles. The van der Waals surface area contributed by atoms with E-state index in [1.807, 2.05) is 24.5 Å². The van der Waals surface area contributed by atoms with Crippen LogP contribution in [0.1, 0.15) is 18.1 Å². The molecule has 0 bridgehead atoms. The third kappa shape index (κ3) is 4.87. The van der Waals surface area contributed by atoms with E-state index in [1.54, 1.807) is 12.1 Å². The second kappa shape index (κ2) is 8.38. The molecule has 0 unspecified atom stereocenters. The average Bonchev–Trinajstić information content (AvgIpc) is 2.63. The number of hydrazone groups is 1. The molecule has 0 aliphatic heterocycles. The fraction of sp³-hybridized carbons (Fsp3) is 0.118. The van der Waals surface area contributed by atoms with Crippen LogP contribution in [0.2, 0.25) is 0 Å². The molecular formula is C17H15N4O5-. The molecule has 2 amide bonds. The first-order valence-corrected chi connectivity index (χ1v) is 7.59. The first-order chi connectivity index (χ1) is 12.4. The Morgan fingerprint density at radius 1 is 1.15 bits per heavy atom. The second-order valence-electron chi connectivity index (χ2n) is 5.19. The fourth-order valence-electron chi connectivity index (χ4n) is 1.99. The number of anilines is 1. The van der Waals surface area contributed by atoms with Crippen molar-refractivity contribution in [3.05, 3.63) is 63.7 Å². The molecule has 0 radical (unpaired) electrons. The maximum atomic E-state index is 11.8. The van der Waals surface area contributed by atoms with Crippen molar-refractivity contribution in [3.8, 4) is 5.75 Å². The summed E-state index contributed by atoms with van der Waals surface area (Å²) in [5.41, 5.74) is 3.19. The summed E-state index contributed by atoms with van der Waals surface area (Å²) >= 11 is 0. The van der Waals surface area contributed by atoms with Crippen molar-refractivity contribution < 1.29 is 19.6 Å². The zero-order valence-electron chi connectivity index (χ0n) is 13.8. The van der Waals surface area contributed by atoms with E-state index >= 15 is 0 Å². The highest BCUT2D eigenvalue weighted by atomic mass is 16.6. The molecule has 2 aromatic rings. The molecule has 2 rings (SSSR count). The number of nitrogens with zero attached hydrogens (tertiary/aromatic N) is 2. The van der Waals surface area contributed by atoms with Crippen LogP contribution in [0.3, 0.4) is 0 Å². The molecule has 0 saturated heterocycles. The lowest BCUT2D eigenvalue weighted by atomic mass is 10.1. The number of nitro benzene ring substituents is 1. The number of nitro groups is 1. The van der Waals surface area contributed by atoms with E-state index < -0.39 is 28.2 Å². The van der Waals surface area contributed by atoms with Crippen molar-refractivity contribution in [2.75, 3.05) is 5.32 Å². The summed E-state index contributed by atoms with van der Waals surface area (Å²) in [4.78, 5) is 33.4. The van der Waals surface area contributed by atoms with Crippen LogP contribution in [0, 0.1) is 10.1 Å². The Bertz CT molecular complexity index is 862. The fourth-order valence-corrected chi connectivity index (χ4v) is 1.99. The first kappa shape index (κ1) is 18.6. The molecule has 2 N–H and O–H groups in total. The van der Waals surface area contributed by atoms with Crippen LogP contribution in [-0.4, -0.2) is 23.0 Å². The standard InChI is InChI=1S/C17H16N4O5/c1-2-11-3-6-13(7-4-11)19-16(23)17(24)20-18-10-12-5-8-15(22)14(9-12)21(25)26/h3-10,22H,2H2,1H3,(H,19,23)(H,20,24)/p-1/b18-10-. The molecule has 9 nitrogen and oxygen atoms in total. The van der Waals surface area contributed by atoms with Crippen molar-refractivity contribution in [2.24, 2.45) is 5.10 Å². The number of carbonyl (C=O) groups is 2. The van der Waals surface area contributed by atoms with Gasteiger partial charge in [-0.1, -0.05) is 31.2 Å². The van der Waals surface area contributed by atoms with Crippen LogP contribution in [0.25, 0.3) is 0 Å². The Labute approximate surface area is 148 Å². The van der Waals surface area contributed by atoms with Crippen LogP contribution in [-0.2, 0) is 16.0 Å². The molecule has 0 aliphatic carbocycles. The highest BCUT2D eigenvalue weighted by molar-refractivity contribution is 6.39. The smallest absolute Gasteiger partial charge is 0.329 e. The number of amides is 2. The molecule has 0 saturated carbocycles. The molecule has 0 spiro atoms. The van der Waals surface area contributed by atoms with Gasteiger partial charge in [-0.2, -0.15) is 5.10 Å². The largest absolute Gasteiger partial charge is 0.868 e. The predicted octanol–water partition coefficient (Wildman–Crippen LogP) is 1.32. The molecule has 0 aliphatic rings. The van der Waals surface area contributed by atoms with Gasteiger partial charge in [0.05, 0.1) is 11.1 Å². The number of rotatable bonds is 5. The third-order valence-corrected chi connectivity index (χ3v) is 3.39. The van der Waals surface area contributed by atoms with E-state index in [0.29, 0.717) is 5.69 Å². The summed E-state index contributed by atoms with van der Waals surface area (Å²) < 4.78 is 0. The Morgan fingerprint density at radius 3 is 2.46 bits per heavy atom. The van der Waals surface area contributed by atoms with Gasteiger partial charge >= 0.3 is 11.8 Å². The number of benzene rings is 2. The van der Waals surface area contributed by atoms with E-state index in [1.165, 1.54) is 6.07 Å². The highest BCUT2D eigenvalue weighted by Crippen LogP contribution is 2.22. The second-order valence-corrected chi connectivity index (χ2v) is 5.19. The zero-order chi connectivity index (χ0) is 19.1. The third-order valence-electron chi connectivity index (χ3n) is 3.39. The molecule has 0 atom stereocenters. The number of carbonyl (C=O) groups excluding carboxylic acids is 2. The summed E-state index contributed by atoms with van der Waals surface area (Å²) in [6.07, 6.45) is 1.95. The van der Waals surface area contributed by atoms with E-state index in [9.17, 15) is 24.8 Å². The van der Waals surface area contributed by atoms with Crippen molar-refractivity contribution >= 4 is 29.4 Å². The molecule has 2 aromatic carbocycles. The van der Waals surface area contributed by atoms with Gasteiger partial charge in [0.2, 0.25) is 0 Å². The van der Waals surface area contributed by atoms with Gasteiger partial charge in [-0.25, -0.2) is 5.43 Å². The minimum atomic E-state index is -1.00. The van der Waals surface area contributed by atoms with Crippen LogP contribution < -0.4 is 15.8 Å². The van der Waals surface area contributed by atoms with Gasteiger partial charge in [0.25, 0.3) is 5.69 Å². The number of nitrogens with one attached hydrogen (secondary N) is 2. The van der Waals surface area contributed by atoms with Gasteiger partial charge in [-0.05, 0) is 29.9 Å². The van der Waals surface area contributed by atoms with E-state index in [4.69, 9.17) is 0 Å². The first-order valence-electron chi connectivity index (χ1n) is 7.59. The molecule has 9 heteroatoms. The van der Waals surface area contributed by atoms with Crippen LogP contribution >= 0.6 is 0 Å². The maximum absolute atomic E-state index is 11.8. The summed E-state index contributed by atoms with van der Waals surface area (Å²) in [6, 6.07) is 10.4. The minimum Gasteiger partial charge on any atom is -0.868 e. The van der Waals surface area contributed by atoms with Gasteiger partial charge in [-0.15, -0.1) is 0 Å². The van der Waals surface area contributed by atoms with Crippen LogP contribution in [0.5, 0.6) is 5.75 Å². The maximum Gasteiger partial charge on any atom is 0.329 e. The Hall–Kier alpha value is -3.75. The lowest BCUT2D eigenvalue weighted by Gasteiger charge is -2.06. The SMILES string of the molecule is CCc1ccc(NC(=O)C(=O)N/N=C\c2ccc([O-])c([N+](=O)[O-])c2)cc1. The normalized spacial score (nSPS) is 10.5. The Balaban J connectivity index is 1.94. The van der Waals surface area contributed by atoms with E-state index in [-0.39, 0.29) is 5.56 Å². The van der Waals surface area contributed by atoms with Crippen LogP contribution in [0.4, 0.5) is 11.4 Å². The zero-order valence-corrected chi connectivity index (χ0v) is 13.8. The summed E-state index contributed by atoms with van der Waals surface area (Å²) in [6.45, 7) is 2.00. The quantitative estimate of drug-likeness (QED) is 0.361. The monoisotopic (exact) mass is 355 g/mol. The Morgan fingerprint density at radius 2 is 1.85 bits per heavy atom. The lowest BCUT2D eigenvalue weighted by molar-refractivity contribution is -0.398. The number of hydrogen-bond acceptors (Lipinski definition) is 6. The van der Waals surface area contributed by atoms with Gasteiger partial charge in [0.1, 0.15) is 0 Å². The molecule has 0 fully saturated rings. The highest BCUT2D eigenvalue weighted by Gasteiger charge is 2.13. The minimum absolute atomic E-state index is 0.229. The summed E-state index contributed by atoms with van der Waals surface area (Å²) in [5.74, 6) is -2.65. The molecule has 134 valence electrons. The van der Waals surface area contributed by atoms with E-state index in [0.717, 1.165) is 30.3 Å². The number of aryl methyl sites for hydroxylation is 1. The van der Waals surface area contributed by atoms with Crippen molar-refractivity contribution in [1.29, 1.82) is 0 Å². The van der Waals surface area contributed by atoms with Crippen molar-refractivity contribution in [1.82, 2.24) is 5.43 Å². The molecule has 0 aromatic heterocycles. The summed E-state index contributed by atoms with van der Waals surface area (Å²) in [5, 5.41) is 28.0. The molecule has 26 heavy (non-hydrogen) atoms. The van der Waals surface area contributed by atoms with Crippen LogP contribution in [0.15, 0.2) is 47.6 Å². The molecular weight excluding hydrogens is 340 g/mol. The predicted molar refractivity (Wildman–Crippen MR) is 92.7 cm³/mol. The van der Waals surface area contributed by atoms with Gasteiger partial charge in [-0.3, -0.25) is 19.7 Å². The Kier molecular flexibility index (Phi) is 5.99.